The fraction of sp³-hybridized carbons (Fsp3) is 0.526. The number of nitrogens with zero attached hydrogens (tertiary/aromatic N) is 5. The standard InChI is InChI=1S/C19H25N5O4/c1-4-16-11-23(8-9-27-16)17(25)12-24-21-18(20-22-24)14-6-5-7-15(10-14)19(26)28-13(2)3/h5-7,10,13,16H,4,8-9,11-12H2,1-3H3. The second-order valence-corrected chi connectivity index (χ2v) is 6.92. The molecule has 3 rings (SSSR count). The Labute approximate surface area is 163 Å². The zero-order chi connectivity index (χ0) is 20.1. The van der Waals surface area contributed by atoms with E-state index in [4.69, 9.17) is 9.47 Å². The molecule has 1 unspecified atom stereocenters. The number of rotatable bonds is 6. The smallest absolute Gasteiger partial charge is 0.338 e. The van der Waals surface area contributed by atoms with Crippen LogP contribution in [0.5, 0.6) is 0 Å². The van der Waals surface area contributed by atoms with Gasteiger partial charge in [-0.1, -0.05) is 19.1 Å². The molecule has 1 aromatic carbocycles. The van der Waals surface area contributed by atoms with Crippen molar-refractivity contribution in [2.24, 2.45) is 0 Å². The Kier molecular flexibility index (Phi) is 6.35. The molecular formula is C19H25N5O4. The first kappa shape index (κ1) is 19.9. The third kappa shape index (κ3) is 4.92. The number of benzene rings is 1. The van der Waals surface area contributed by atoms with E-state index in [2.05, 4.69) is 15.4 Å². The van der Waals surface area contributed by atoms with Crippen molar-refractivity contribution < 1.29 is 19.1 Å². The van der Waals surface area contributed by atoms with E-state index in [0.29, 0.717) is 36.6 Å². The summed E-state index contributed by atoms with van der Waals surface area (Å²) in [7, 11) is 0. The van der Waals surface area contributed by atoms with Crippen LogP contribution in [0.25, 0.3) is 11.4 Å². The number of aromatic nitrogens is 4. The predicted molar refractivity (Wildman–Crippen MR) is 100 cm³/mol. The molecule has 28 heavy (non-hydrogen) atoms. The number of tetrazole rings is 1. The highest BCUT2D eigenvalue weighted by atomic mass is 16.5. The number of esters is 1. The minimum atomic E-state index is -0.405. The van der Waals surface area contributed by atoms with Gasteiger partial charge in [0.1, 0.15) is 6.54 Å². The van der Waals surface area contributed by atoms with E-state index in [9.17, 15) is 9.59 Å². The van der Waals surface area contributed by atoms with Crippen LogP contribution >= 0.6 is 0 Å². The Balaban J connectivity index is 1.67. The summed E-state index contributed by atoms with van der Waals surface area (Å²) in [5.41, 5.74) is 1.05. The van der Waals surface area contributed by atoms with Crippen LogP contribution in [-0.2, 0) is 20.8 Å². The van der Waals surface area contributed by atoms with Gasteiger partial charge in [-0.3, -0.25) is 4.79 Å². The minimum Gasteiger partial charge on any atom is -0.459 e. The van der Waals surface area contributed by atoms with Crippen LogP contribution in [0, 0.1) is 0 Å². The van der Waals surface area contributed by atoms with Gasteiger partial charge in [-0.15, -0.1) is 10.2 Å². The van der Waals surface area contributed by atoms with E-state index in [-0.39, 0.29) is 24.7 Å². The molecule has 1 aliphatic rings. The monoisotopic (exact) mass is 387 g/mol. The lowest BCUT2D eigenvalue weighted by molar-refractivity contribution is -0.139. The maximum Gasteiger partial charge on any atom is 0.338 e. The van der Waals surface area contributed by atoms with Gasteiger partial charge in [0, 0.05) is 18.7 Å². The van der Waals surface area contributed by atoms with Crippen molar-refractivity contribution in [2.45, 2.75) is 45.9 Å². The van der Waals surface area contributed by atoms with Crippen LogP contribution in [0.15, 0.2) is 24.3 Å². The van der Waals surface area contributed by atoms with Gasteiger partial charge in [0.2, 0.25) is 11.7 Å². The molecule has 1 aromatic heterocycles. The van der Waals surface area contributed by atoms with E-state index < -0.39 is 5.97 Å². The average molecular weight is 387 g/mol. The second kappa shape index (κ2) is 8.92. The van der Waals surface area contributed by atoms with Crippen molar-refractivity contribution in [3.8, 4) is 11.4 Å². The summed E-state index contributed by atoms with van der Waals surface area (Å²) in [4.78, 5) is 27.6. The van der Waals surface area contributed by atoms with Crippen molar-refractivity contribution in [2.75, 3.05) is 19.7 Å². The van der Waals surface area contributed by atoms with Crippen LogP contribution in [0.3, 0.4) is 0 Å². The molecule has 0 bridgehead atoms. The highest BCUT2D eigenvalue weighted by Gasteiger charge is 2.24. The lowest BCUT2D eigenvalue weighted by Gasteiger charge is -2.32. The molecule has 1 aliphatic heterocycles. The van der Waals surface area contributed by atoms with Gasteiger partial charge in [-0.2, -0.15) is 4.80 Å². The first-order valence-corrected chi connectivity index (χ1v) is 9.45. The fourth-order valence-electron chi connectivity index (χ4n) is 2.91. The third-order valence-electron chi connectivity index (χ3n) is 4.38. The number of carbonyl (C=O) groups is 2. The summed E-state index contributed by atoms with van der Waals surface area (Å²) in [6, 6.07) is 6.84. The molecule has 0 radical (unpaired) electrons. The van der Waals surface area contributed by atoms with Crippen molar-refractivity contribution in [1.82, 2.24) is 25.1 Å². The molecule has 1 saturated heterocycles. The summed E-state index contributed by atoms with van der Waals surface area (Å²) < 4.78 is 10.8. The first-order chi connectivity index (χ1) is 13.5. The Bertz CT molecular complexity index is 835. The molecule has 1 amide bonds. The lowest BCUT2D eigenvalue weighted by Crippen LogP contribution is -2.46. The SMILES string of the molecule is CCC1CN(C(=O)Cn2nnc(-c3cccc(C(=O)OC(C)C)c3)n2)CCO1. The number of amides is 1. The zero-order valence-electron chi connectivity index (χ0n) is 16.4. The predicted octanol–water partition coefficient (Wildman–Crippen LogP) is 1.54. The lowest BCUT2D eigenvalue weighted by atomic mass is 10.1. The number of ether oxygens (including phenoxy) is 2. The summed E-state index contributed by atoms with van der Waals surface area (Å²) in [6.07, 6.45) is 0.740. The minimum absolute atomic E-state index is 0.0124. The van der Waals surface area contributed by atoms with Crippen molar-refractivity contribution in [3.63, 3.8) is 0 Å². The van der Waals surface area contributed by atoms with Gasteiger partial charge in [0.25, 0.3) is 0 Å². The molecule has 1 atom stereocenters. The van der Waals surface area contributed by atoms with Crippen molar-refractivity contribution in [3.05, 3.63) is 29.8 Å². The second-order valence-electron chi connectivity index (χ2n) is 6.92. The highest BCUT2D eigenvalue weighted by molar-refractivity contribution is 5.90. The number of carbonyl (C=O) groups excluding carboxylic acids is 2. The summed E-state index contributed by atoms with van der Waals surface area (Å²) in [5.74, 6) is -0.127. The Morgan fingerprint density at radius 2 is 2.18 bits per heavy atom. The maximum atomic E-state index is 12.5. The van der Waals surface area contributed by atoms with E-state index in [1.807, 2.05) is 6.92 Å². The van der Waals surface area contributed by atoms with Gasteiger partial charge in [0.05, 0.1) is 24.4 Å². The van der Waals surface area contributed by atoms with Crippen LogP contribution in [0.2, 0.25) is 0 Å². The Morgan fingerprint density at radius 3 is 2.93 bits per heavy atom. The largest absolute Gasteiger partial charge is 0.459 e. The molecule has 0 N–H and O–H groups in total. The molecule has 0 aliphatic carbocycles. The van der Waals surface area contributed by atoms with Gasteiger partial charge in [-0.25, -0.2) is 4.79 Å². The number of morpholine rings is 1. The highest BCUT2D eigenvalue weighted by Crippen LogP contribution is 2.17. The van der Waals surface area contributed by atoms with Crippen LogP contribution < -0.4 is 0 Å². The van der Waals surface area contributed by atoms with Gasteiger partial charge < -0.3 is 14.4 Å². The molecule has 2 aromatic rings. The Morgan fingerprint density at radius 1 is 1.36 bits per heavy atom. The summed E-state index contributed by atoms with van der Waals surface area (Å²) in [5, 5.41) is 12.3. The maximum absolute atomic E-state index is 12.5. The molecule has 2 heterocycles. The average Bonchev–Trinajstić information content (AvgIpc) is 3.16. The summed E-state index contributed by atoms with van der Waals surface area (Å²) >= 11 is 0. The summed E-state index contributed by atoms with van der Waals surface area (Å²) in [6.45, 7) is 7.33. The normalized spacial score (nSPS) is 17.0. The van der Waals surface area contributed by atoms with E-state index >= 15 is 0 Å². The van der Waals surface area contributed by atoms with Crippen molar-refractivity contribution >= 4 is 11.9 Å². The van der Waals surface area contributed by atoms with Gasteiger partial charge >= 0.3 is 5.97 Å². The quantitative estimate of drug-likeness (QED) is 0.693. The van der Waals surface area contributed by atoms with Crippen LogP contribution in [0.1, 0.15) is 37.6 Å². The molecule has 9 heteroatoms. The zero-order valence-corrected chi connectivity index (χ0v) is 16.4. The third-order valence-corrected chi connectivity index (χ3v) is 4.38. The molecule has 0 saturated carbocycles. The fourth-order valence-corrected chi connectivity index (χ4v) is 2.91. The Hall–Kier alpha value is -2.81. The van der Waals surface area contributed by atoms with E-state index in [1.54, 1.807) is 43.0 Å². The molecular weight excluding hydrogens is 362 g/mol. The number of hydrogen-bond donors (Lipinski definition) is 0. The van der Waals surface area contributed by atoms with Crippen molar-refractivity contribution in [1.29, 1.82) is 0 Å². The molecule has 9 nitrogen and oxygen atoms in total. The van der Waals surface area contributed by atoms with Crippen LogP contribution in [0.4, 0.5) is 0 Å². The van der Waals surface area contributed by atoms with E-state index in [1.165, 1.54) is 4.80 Å². The van der Waals surface area contributed by atoms with E-state index in [0.717, 1.165) is 6.42 Å². The molecule has 1 fully saturated rings. The number of hydrogen-bond acceptors (Lipinski definition) is 7. The molecule has 150 valence electrons. The molecule has 0 spiro atoms. The van der Waals surface area contributed by atoms with Crippen LogP contribution in [-0.4, -0.2) is 68.9 Å². The van der Waals surface area contributed by atoms with Gasteiger partial charge in [0.15, 0.2) is 0 Å². The van der Waals surface area contributed by atoms with Gasteiger partial charge in [-0.05, 0) is 37.6 Å². The topological polar surface area (TPSA) is 99.4 Å². The first-order valence-electron chi connectivity index (χ1n) is 9.45.